The highest BCUT2D eigenvalue weighted by Crippen LogP contribution is 2.17. The number of benzene rings is 1. The van der Waals surface area contributed by atoms with Crippen LogP contribution in [0.5, 0.6) is 0 Å². The Labute approximate surface area is 143 Å². The van der Waals surface area contributed by atoms with E-state index in [4.69, 9.17) is 5.11 Å². The van der Waals surface area contributed by atoms with Crippen molar-refractivity contribution in [1.82, 2.24) is 15.4 Å². The molecule has 0 saturated heterocycles. The number of H-pyrrole nitrogens is 1. The number of aliphatic hydroxyl groups excluding tert-OH is 4. The highest BCUT2D eigenvalue weighted by molar-refractivity contribution is 5.98. The highest BCUT2D eigenvalue weighted by atomic mass is 16.4. The predicted octanol–water partition coefficient (Wildman–Crippen LogP) is -0.689. The number of aromatic nitrogens is 2. The van der Waals surface area contributed by atoms with Crippen molar-refractivity contribution in [1.29, 1.82) is 0 Å². The molecular formula is C16H20N4O5. The Morgan fingerprint density at radius 1 is 1.28 bits per heavy atom. The first-order valence-electron chi connectivity index (χ1n) is 7.54. The monoisotopic (exact) mass is 348 g/mol. The Bertz CT molecular complexity index is 731. The molecule has 0 spiro atoms. The number of rotatable bonds is 7. The minimum absolute atomic E-state index is 0.138. The number of aromatic amines is 1. The summed E-state index contributed by atoms with van der Waals surface area (Å²) in [5.74, 6) is -0.110. The number of nitrogens with one attached hydrogen (secondary N) is 2. The first-order chi connectivity index (χ1) is 11.9. The van der Waals surface area contributed by atoms with Crippen LogP contribution < -0.4 is 5.43 Å². The zero-order chi connectivity index (χ0) is 18.4. The second-order valence-electron chi connectivity index (χ2n) is 5.38. The normalized spacial score (nSPS) is 15.5. The third-order valence-corrected chi connectivity index (χ3v) is 3.52. The molecule has 9 heteroatoms. The fourth-order valence-electron chi connectivity index (χ4n) is 2.01. The van der Waals surface area contributed by atoms with E-state index >= 15 is 0 Å². The molecule has 134 valence electrons. The average Bonchev–Trinajstić information content (AvgIpc) is 3.14. The van der Waals surface area contributed by atoms with Gasteiger partial charge in [-0.05, 0) is 19.1 Å². The Morgan fingerprint density at radius 2 is 1.96 bits per heavy atom. The number of nitrogens with zero attached hydrogens (tertiary/aromatic N) is 2. The van der Waals surface area contributed by atoms with E-state index in [-0.39, 0.29) is 17.4 Å². The van der Waals surface area contributed by atoms with E-state index in [9.17, 15) is 20.1 Å². The van der Waals surface area contributed by atoms with Gasteiger partial charge in [0.25, 0.3) is 5.91 Å². The molecule has 0 saturated carbocycles. The molecule has 3 atom stereocenters. The van der Waals surface area contributed by atoms with Gasteiger partial charge in [0.15, 0.2) is 5.82 Å². The number of carbonyl (C=O) groups excluding carboxylic acids is 1. The summed E-state index contributed by atoms with van der Waals surface area (Å²) in [7, 11) is 0. The molecule has 0 fully saturated rings. The average molecular weight is 348 g/mol. The minimum Gasteiger partial charge on any atom is -0.394 e. The van der Waals surface area contributed by atoms with E-state index < -0.39 is 24.9 Å². The van der Waals surface area contributed by atoms with Gasteiger partial charge in [-0.25, -0.2) is 10.4 Å². The SMILES string of the molecule is C/C(=N/NC(=O)c1ccccc1)c1ncc([C@@H](O)[C@H](O)[C@H](O)CO)[nH]1. The van der Waals surface area contributed by atoms with Crippen LogP contribution in [0.15, 0.2) is 41.6 Å². The molecule has 25 heavy (non-hydrogen) atoms. The van der Waals surface area contributed by atoms with Crippen LogP contribution in [0, 0.1) is 0 Å². The summed E-state index contributed by atoms with van der Waals surface area (Å²) in [5.41, 5.74) is 3.33. The molecule has 6 N–H and O–H groups in total. The lowest BCUT2D eigenvalue weighted by atomic mass is 10.1. The summed E-state index contributed by atoms with van der Waals surface area (Å²) in [4.78, 5) is 18.7. The third-order valence-electron chi connectivity index (χ3n) is 3.52. The Kier molecular flexibility index (Phi) is 6.37. The maximum Gasteiger partial charge on any atom is 0.271 e. The fourth-order valence-corrected chi connectivity index (χ4v) is 2.01. The van der Waals surface area contributed by atoms with E-state index in [2.05, 4.69) is 20.5 Å². The molecule has 2 rings (SSSR count). The van der Waals surface area contributed by atoms with Crippen LogP contribution in [0.25, 0.3) is 0 Å². The van der Waals surface area contributed by atoms with Gasteiger partial charge in [0, 0.05) is 5.56 Å². The standard InChI is InChI=1S/C16H20N4O5/c1-9(19-20-16(25)10-5-3-2-4-6-10)15-17-7-11(18-15)13(23)14(24)12(22)8-21/h2-7,12-14,21-24H,8H2,1H3,(H,17,18)(H,20,25)/b19-9-/t12-,13-,14-/m1/s1. The summed E-state index contributed by atoms with van der Waals surface area (Å²) >= 11 is 0. The summed E-state index contributed by atoms with van der Waals surface area (Å²) in [6.07, 6.45) is -3.25. The number of carbonyl (C=O) groups is 1. The summed E-state index contributed by atoms with van der Waals surface area (Å²) in [6, 6.07) is 8.56. The first-order valence-corrected chi connectivity index (χ1v) is 7.54. The molecule has 9 nitrogen and oxygen atoms in total. The lowest BCUT2D eigenvalue weighted by Crippen LogP contribution is -2.34. The Hall–Kier alpha value is -2.59. The molecule has 0 bridgehead atoms. The van der Waals surface area contributed by atoms with Crippen molar-refractivity contribution in [2.24, 2.45) is 5.10 Å². The quantitative estimate of drug-likeness (QED) is 0.288. The maximum atomic E-state index is 11.9. The van der Waals surface area contributed by atoms with Crippen LogP contribution in [-0.2, 0) is 0 Å². The Balaban J connectivity index is 2.04. The molecule has 1 aromatic carbocycles. The minimum atomic E-state index is -1.58. The van der Waals surface area contributed by atoms with Crippen molar-refractivity contribution in [2.45, 2.75) is 25.2 Å². The summed E-state index contributed by atoms with van der Waals surface area (Å²) in [5, 5.41) is 41.7. The lowest BCUT2D eigenvalue weighted by Gasteiger charge is -2.20. The van der Waals surface area contributed by atoms with Gasteiger partial charge in [-0.15, -0.1) is 0 Å². The van der Waals surface area contributed by atoms with Gasteiger partial charge in [0.1, 0.15) is 24.0 Å². The molecule has 2 aromatic rings. The first kappa shape index (κ1) is 18.7. The largest absolute Gasteiger partial charge is 0.394 e. The molecule has 0 aliphatic rings. The van der Waals surface area contributed by atoms with Crippen LogP contribution in [-0.4, -0.2) is 60.8 Å². The molecule has 0 aliphatic heterocycles. The van der Waals surface area contributed by atoms with E-state index in [1.54, 1.807) is 37.3 Å². The molecular weight excluding hydrogens is 328 g/mol. The fraction of sp³-hybridized carbons (Fsp3) is 0.312. The molecule has 1 aromatic heterocycles. The third kappa shape index (κ3) is 4.70. The van der Waals surface area contributed by atoms with Crippen molar-refractivity contribution in [3.8, 4) is 0 Å². The highest BCUT2D eigenvalue weighted by Gasteiger charge is 2.27. The number of amides is 1. The van der Waals surface area contributed by atoms with Gasteiger partial charge in [-0.1, -0.05) is 18.2 Å². The van der Waals surface area contributed by atoms with Crippen molar-refractivity contribution in [2.75, 3.05) is 6.61 Å². The lowest BCUT2D eigenvalue weighted by molar-refractivity contribution is -0.0788. The maximum absolute atomic E-state index is 11.9. The van der Waals surface area contributed by atoms with Gasteiger partial charge in [-0.3, -0.25) is 4.79 Å². The van der Waals surface area contributed by atoms with Crippen LogP contribution >= 0.6 is 0 Å². The van der Waals surface area contributed by atoms with Gasteiger partial charge >= 0.3 is 0 Å². The number of hydrazone groups is 1. The topological polar surface area (TPSA) is 151 Å². The molecule has 0 aliphatic carbocycles. The van der Waals surface area contributed by atoms with E-state index in [1.807, 2.05) is 0 Å². The molecule has 0 radical (unpaired) electrons. The number of aliphatic hydroxyl groups is 4. The van der Waals surface area contributed by atoms with E-state index in [1.165, 1.54) is 6.20 Å². The summed E-state index contributed by atoms with van der Waals surface area (Å²) in [6.45, 7) is 0.907. The zero-order valence-corrected chi connectivity index (χ0v) is 13.5. The van der Waals surface area contributed by atoms with Crippen molar-refractivity contribution in [3.63, 3.8) is 0 Å². The van der Waals surface area contributed by atoms with Crippen LogP contribution in [0.1, 0.15) is 34.9 Å². The second-order valence-corrected chi connectivity index (χ2v) is 5.38. The number of hydrogen-bond donors (Lipinski definition) is 6. The summed E-state index contributed by atoms with van der Waals surface area (Å²) < 4.78 is 0. The van der Waals surface area contributed by atoms with Crippen LogP contribution in [0.2, 0.25) is 0 Å². The molecule has 0 unspecified atom stereocenters. The molecule has 1 heterocycles. The van der Waals surface area contributed by atoms with Gasteiger partial charge in [0.2, 0.25) is 0 Å². The van der Waals surface area contributed by atoms with E-state index in [0.29, 0.717) is 11.3 Å². The van der Waals surface area contributed by atoms with Gasteiger partial charge in [-0.2, -0.15) is 5.10 Å². The zero-order valence-electron chi connectivity index (χ0n) is 13.5. The van der Waals surface area contributed by atoms with Crippen molar-refractivity contribution >= 4 is 11.6 Å². The predicted molar refractivity (Wildman–Crippen MR) is 88.8 cm³/mol. The number of hydrogen-bond acceptors (Lipinski definition) is 7. The Morgan fingerprint density at radius 3 is 2.60 bits per heavy atom. The van der Waals surface area contributed by atoms with Crippen LogP contribution in [0.3, 0.4) is 0 Å². The number of imidazole rings is 1. The smallest absolute Gasteiger partial charge is 0.271 e. The van der Waals surface area contributed by atoms with E-state index in [0.717, 1.165) is 0 Å². The van der Waals surface area contributed by atoms with Crippen molar-refractivity contribution in [3.05, 3.63) is 53.6 Å². The second kappa shape index (κ2) is 8.49. The van der Waals surface area contributed by atoms with Crippen molar-refractivity contribution < 1.29 is 25.2 Å². The van der Waals surface area contributed by atoms with Gasteiger partial charge in [0.05, 0.1) is 18.5 Å². The van der Waals surface area contributed by atoms with Crippen LogP contribution in [0.4, 0.5) is 0 Å². The molecule has 1 amide bonds. The van der Waals surface area contributed by atoms with Gasteiger partial charge < -0.3 is 25.4 Å².